The lowest BCUT2D eigenvalue weighted by molar-refractivity contribution is 0.120. The van der Waals surface area contributed by atoms with E-state index >= 15 is 0 Å². The summed E-state index contributed by atoms with van der Waals surface area (Å²) in [7, 11) is 0. The molecule has 0 radical (unpaired) electrons. The number of hydrogen-bond acceptors (Lipinski definition) is 6. The number of benzene rings is 1. The highest BCUT2D eigenvalue weighted by molar-refractivity contribution is 5.81. The monoisotopic (exact) mass is 276 g/mol. The SMILES string of the molecule is NCc1ccc2oc(N3CCOCC3)c(O)c(=O)c2c1. The first-order valence-corrected chi connectivity index (χ1v) is 6.52. The molecule has 3 N–H and O–H groups in total. The molecular weight excluding hydrogens is 260 g/mol. The smallest absolute Gasteiger partial charge is 0.242 e. The minimum atomic E-state index is -0.428. The molecule has 6 nitrogen and oxygen atoms in total. The number of rotatable bonds is 2. The van der Waals surface area contributed by atoms with Crippen molar-refractivity contribution in [1.82, 2.24) is 0 Å². The van der Waals surface area contributed by atoms with Crippen molar-refractivity contribution < 1.29 is 14.3 Å². The second-order valence-corrected chi connectivity index (χ2v) is 4.72. The molecule has 0 bridgehead atoms. The Hall–Kier alpha value is -2.05. The number of aromatic hydroxyl groups is 1. The molecule has 0 unspecified atom stereocenters. The number of fused-ring (bicyclic) bond motifs is 1. The summed E-state index contributed by atoms with van der Waals surface area (Å²) in [5, 5.41) is 10.4. The lowest BCUT2D eigenvalue weighted by atomic mass is 10.1. The second-order valence-electron chi connectivity index (χ2n) is 4.72. The van der Waals surface area contributed by atoms with Gasteiger partial charge < -0.3 is 24.9 Å². The van der Waals surface area contributed by atoms with Gasteiger partial charge in [0.05, 0.1) is 18.6 Å². The molecule has 3 rings (SSSR count). The van der Waals surface area contributed by atoms with Crippen LogP contribution in [0.2, 0.25) is 0 Å². The van der Waals surface area contributed by atoms with Gasteiger partial charge in [0.2, 0.25) is 17.1 Å². The first-order chi connectivity index (χ1) is 9.70. The van der Waals surface area contributed by atoms with E-state index < -0.39 is 5.43 Å². The van der Waals surface area contributed by atoms with Crippen LogP contribution in [0, 0.1) is 0 Å². The Morgan fingerprint density at radius 1 is 1.30 bits per heavy atom. The molecule has 106 valence electrons. The van der Waals surface area contributed by atoms with Crippen molar-refractivity contribution in [3.05, 3.63) is 34.0 Å². The number of nitrogens with zero attached hydrogens (tertiary/aromatic N) is 1. The van der Waals surface area contributed by atoms with Gasteiger partial charge in [-0.05, 0) is 17.7 Å². The van der Waals surface area contributed by atoms with Gasteiger partial charge in [0, 0.05) is 19.6 Å². The fraction of sp³-hybridized carbons (Fsp3) is 0.357. The fourth-order valence-corrected chi connectivity index (χ4v) is 2.33. The maximum absolute atomic E-state index is 12.3. The molecule has 1 aliphatic heterocycles. The zero-order valence-corrected chi connectivity index (χ0v) is 11.0. The predicted octanol–water partition coefficient (Wildman–Crippen LogP) is 0.794. The average Bonchev–Trinajstić information content (AvgIpc) is 2.51. The van der Waals surface area contributed by atoms with E-state index in [0.29, 0.717) is 43.8 Å². The van der Waals surface area contributed by atoms with Crippen LogP contribution in [-0.4, -0.2) is 31.4 Å². The molecule has 1 fully saturated rings. The number of ether oxygens (including phenoxy) is 1. The zero-order chi connectivity index (χ0) is 14.1. The van der Waals surface area contributed by atoms with Crippen molar-refractivity contribution in [2.75, 3.05) is 31.2 Å². The maximum Gasteiger partial charge on any atom is 0.242 e. The van der Waals surface area contributed by atoms with Crippen LogP contribution in [-0.2, 0) is 11.3 Å². The van der Waals surface area contributed by atoms with Crippen LogP contribution in [0.4, 0.5) is 5.88 Å². The Kier molecular flexibility index (Phi) is 3.33. The summed E-state index contributed by atoms with van der Waals surface area (Å²) in [5.74, 6) is -0.139. The van der Waals surface area contributed by atoms with Gasteiger partial charge in [-0.15, -0.1) is 0 Å². The molecule has 1 saturated heterocycles. The molecule has 6 heteroatoms. The van der Waals surface area contributed by atoms with E-state index in [9.17, 15) is 9.90 Å². The van der Waals surface area contributed by atoms with Gasteiger partial charge in [-0.1, -0.05) is 6.07 Å². The Morgan fingerprint density at radius 3 is 2.75 bits per heavy atom. The standard InChI is InChI=1S/C14H16N2O4/c15-8-9-1-2-11-10(7-9)12(17)13(18)14(20-11)16-3-5-19-6-4-16/h1-2,7,18H,3-6,8,15H2. The van der Waals surface area contributed by atoms with E-state index in [1.54, 1.807) is 12.1 Å². The number of anilines is 1. The maximum atomic E-state index is 12.3. The van der Waals surface area contributed by atoms with Crippen LogP contribution in [0.15, 0.2) is 27.4 Å². The molecule has 0 amide bonds. The van der Waals surface area contributed by atoms with E-state index in [1.807, 2.05) is 11.0 Å². The molecule has 0 atom stereocenters. The van der Waals surface area contributed by atoms with E-state index in [-0.39, 0.29) is 11.6 Å². The summed E-state index contributed by atoms with van der Waals surface area (Å²) >= 11 is 0. The van der Waals surface area contributed by atoms with Crippen LogP contribution in [0.1, 0.15) is 5.56 Å². The highest BCUT2D eigenvalue weighted by Crippen LogP contribution is 2.29. The van der Waals surface area contributed by atoms with Gasteiger partial charge in [-0.3, -0.25) is 4.79 Å². The molecule has 2 aromatic rings. The summed E-state index contributed by atoms with van der Waals surface area (Å²) in [6.07, 6.45) is 0. The molecule has 1 aromatic carbocycles. The highest BCUT2D eigenvalue weighted by atomic mass is 16.5. The largest absolute Gasteiger partial charge is 0.500 e. The first-order valence-electron chi connectivity index (χ1n) is 6.52. The van der Waals surface area contributed by atoms with Crippen molar-refractivity contribution >= 4 is 16.9 Å². The average molecular weight is 276 g/mol. The van der Waals surface area contributed by atoms with Crippen LogP contribution in [0.5, 0.6) is 5.75 Å². The molecule has 1 aromatic heterocycles. The summed E-state index contributed by atoms with van der Waals surface area (Å²) in [5.41, 5.74) is 6.40. The Morgan fingerprint density at radius 2 is 2.05 bits per heavy atom. The summed E-state index contributed by atoms with van der Waals surface area (Å²) in [6, 6.07) is 5.18. The fourth-order valence-electron chi connectivity index (χ4n) is 2.33. The lowest BCUT2D eigenvalue weighted by Crippen LogP contribution is -2.36. The summed E-state index contributed by atoms with van der Waals surface area (Å²) in [4.78, 5) is 14.1. The van der Waals surface area contributed by atoms with Gasteiger partial charge >= 0.3 is 0 Å². The lowest BCUT2D eigenvalue weighted by Gasteiger charge is -2.27. The summed E-state index contributed by atoms with van der Waals surface area (Å²) < 4.78 is 10.9. The minimum absolute atomic E-state index is 0.214. The van der Waals surface area contributed by atoms with E-state index in [1.165, 1.54) is 0 Å². The van der Waals surface area contributed by atoms with Crippen LogP contribution < -0.4 is 16.1 Å². The topological polar surface area (TPSA) is 88.9 Å². The Balaban J connectivity index is 2.15. The molecule has 20 heavy (non-hydrogen) atoms. The van der Waals surface area contributed by atoms with Gasteiger partial charge in [0.15, 0.2) is 0 Å². The minimum Gasteiger partial charge on any atom is -0.500 e. The third kappa shape index (κ3) is 2.13. The predicted molar refractivity (Wildman–Crippen MR) is 75.1 cm³/mol. The molecule has 0 saturated carbocycles. The highest BCUT2D eigenvalue weighted by Gasteiger charge is 2.21. The molecule has 1 aliphatic rings. The van der Waals surface area contributed by atoms with Crippen molar-refractivity contribution in [1.29, 1.82) is 0 Å². The van der Waals surface area contributed by atoms with Gasteiger partial charge in [-0.25, -0.2) is 0 Å². The van der Waals surface area contributed by atoms with Crippen molar-refractivity contribution in [3.8, 4) is 5.75 Å². The van der Waals surface area contributed by atoms with Crippen molar-refractivity contribution in [2.45, 2.75) is 6.54 Å². The van der Waals surface area contributed by atoms with E-state index in [2.05, 4.69) is 0 Å². The quantitative estimate of drug-likeness (QED) is 0.843. The van der Waals surface area contributed by atoms with Crippen LogP contribution in [0.25, 0.3) is 11.0 Å². The summed E-state index contributed by atoms with van der Waals surface area (Å²) in [6.45, 7) is 2.60. The molecular formula is C14H16N2O4. The van der Waals surface area contributed by atoms with E-state index in [0.717, 1.165) is 5.56 Å². The Bertz CT molecular complexity index is 689. The number of hydrogen-bond donors (Lipinski definition) is 2. The normalized spacial score (nSPS) is 15.8. The number of morpholine rings is 1. The van der Waals surface area contributed by atoms with Crippen molar-refractivity contribution in [3.63, 3.8) is 0 Å². The third-order valence-electron chi connectivity index (χ3n) is 3.45. The van der Waals surface area contributed by atoms with Crippen molar-refractivity contribution in [2.24, 2.45) is 5.73 Å². The molecule has 2 heterocycles. The van der Waals surface area contributed by atoms with Gasteiger partial charge in [-0.2, -0.15) is 0 Å². The second kappa shape index (κ2) is 5.15. The molecule has 0 spiro atoms. The van der Waals surface area contributed by atoms with E-state index in [4.69, 9.17) is 14.9 Å². The third-order valence-corrected chi connectivity index (χ3v) is 3.45. The van der Waals surface area contributed by atoms with Crippen LogP contribution >= 0.6 is 0 Å². The molecule has 0 aliphatic carbocycles. The number of nitrogens with two attached hydrogens (primary N) is 1. The van der Waals surface area contributed by atoms with Gasteiger partial charge in [0.25, 0.3) is 0 Å². The first kappa shape index (κ1) is 13.0. The van der Waals surface area contributed by atoms with Crippen LogP contribution in [0.3, 0.4) is 0 Å². The Labute approximate surface area is 115 Å². The zero-order valence-electron chi connectivity index (χ0n) is 11.0. The van der Waals surface area contributed by atoms with Gasteiger partial charge in [0.1, 0.15) is 5.58 Å².